The molecule has 0 saturated heterocycles. The van der Waals surface area contributed by atoms with Crippen LogP contribution in [0.15, 0.2) is 0 Å². The summed E-state index contributed by atoms with van der Waals surface area (Å²) >= 11 is 0. The highest BCUT2D eigenvalue weighted by atomic mass is 16.5. The van der Waals surface area contributed by atoms with Gasteiger partial charge in [-0.2, -0.15) is 0 Å². The molecule has 0 bridgehead atoms. The Hall–Kier alpha value is -0.120. The van der Waals surface area contributed by atoms with Gasteiger partial charge in [-0.1, -0.05) is 13.8 Å². The van der Waals surface area contributed by atoms with E-state index >= 15 is 0 Å². The Kier molecular flexibility index (Phi) is 4.75. The molecule has 0 amide bonds. The second-order valence-electron chi connectivity index (χ2n) is 4.19. The lowest BCUT2D eigenvalue weighted by atomic mass is 9.92. The van der Waals surface area contributed by atoms with Crippen LogP contribution in [0.2, 0.25) is 0 Å². The molecule has 0 fully saturated rings. The largest absolute Gasteiger partial charge is 0.379 e. The summed E-state index contributed by atoms with van der Waals surface area (Å²) in [5.74, 6) is 5.96. The quantitative estimate of drug-likeness (QED) is 0.487. The number of ether oxygens (including phenoxy) is 1. The van der Waals surface area contributed by atoms with Crippen molar-refractivity contribution in [3.63, 3.8) is 0 Å². The highest BCUT2D eigenvalue weighted by Crippen LogP contribution is 2.18. The van der Waals surface area contributed by atoms with E-state index in [1.165, 1.54) is 0 Å². The van der Waals surface area contributed by atoms with Gasteiger partial charge >= 0.3 is 0 Å². The Bertz CT molecular complexity index is 124. The molecule has 0 spiro atoms. The van der Waals surface area contributed by atoms with Crippen molar-refractivity contribution < 1.29 is 4.74 Å². The van der Waals surface area contributed by atoms with Gasteiger partial charge in [-0.3, -0.25) is 11.3 Å². The predicted octanol–water partition coefficient (Wildman–Crippen LogP) is 1.29. The zero-order valence-electron chi connectivity index (χ0n) is 8.85. The van der Waals surface area contributed by atoms with Gasteiger partial charge in [-0.15, -0.1) is 0 Å². The van der Waals surface area contributed by atoms with E-state index in [1.54, 1.807) is 7.11 Å². The average molecular weight is 174 g/mol. The zero-order chi connectivity index (χ0) is 9.78. The number of hydrazine groups is 1. The van der Waals surface area contributed by atoms with Crippen LogP contribution in [0.1, 0.15) is 34.1 Å². The average Bonchev–Trinajstić information content (AvgIpc) is 2.00. The molecule has 1 atom stereocenters. The summed E-state index contributed by atoms with van der Waals surface area (Å²) in [6.45, 7) is 8.44. The normalized spacial score (nSPS) is 15.2. The summed E-state index contributed by atoms with van der Waals surface area (Å²) in [6.07, 6.45) is 0.928. The standard InChI is InChI=1S/C9H22N2O/c1-7(2)8(11-10)6-9(3,4)12-5/h7-8,11H,6,10H2,1-5H3. The highest BCUT2D eigenvalue weighted by Gasteiger charge is 2.23. The van der Waals surface area contributed by atoms with E-state index in [-0.39, 0.29) is 5.60 Å². The molecule has 0 aliphatic heterocycles. The van der Waals surface area contributed by atoms with Gasteiger partial charge in [0.25, 0.3) is 0 Å². The van der Waals surface area contributed by atoms with Crippen LogP contribution in [-0.4, -0.2) is 18.8 Å². The molecule has 0 rings (SSSR count). The Morgan fingerprint density at radius 3 is 2.17 bits per heavy atom. The van der Waals surface area contributed by atoms with Crippen LogP contribution in [0.4, 0.5) is 0 Å². The molecule has 12 heavy (non-hydrogen) atoms. The summed E-state index contributed by atoms with van der Waals surface area (Å²) < 4.78 is 5.32. The van der Waals surface area contributed by atoms with Crippen LogP contribution < -0.4 is 11.3 Å². The van der Waals surface area contributed by atoms with E-state index < -0.39 is 0 Å². The Balaban J connectivity index is 4.01. The minimum Gasteiger partial charge on any atom is -0.379 e. The van der Waals surface area contributed by atoms with Crippen LogP contribution in [0.3, 0.4) is 0 Å². The van der Waals surface area contributed by atoms with E-state index in [4.69, 9.17) is 10.6 Å². The summed E-state index contributed by atoms with van der Waals surface area (Å²) in [4.78, 5) is 0. The molecule has 0 aliphatic carbocycles. The van der Waals surface area contributed by atoms with Gasteiger partial charge in [-0.25, -0.2) is 0 Å². The van der Waals surface area contributed by atoms with E-state index in [0.29, 0.717) is 12.0 Å². The molecule has 0 heterocycles. The molecule has 1 unspecified atom stereocenters. The van der Waals surface area contributed by atoms with Crippen molar-refractivity contribution in [3.05, 3.63) is 0 Å². The minimum absolute atomic E-state index is 0.0959. The van der Waals surface area contributed by atoms with Crippen molar-refractivity contribution in [1.82, 2.24) is 5.43 Å². The third kappa shape index (κ3) is 4.04. The molecule has 0 saturated carbocycles. The lowest BCUT2D eigenvalue weighted by Gasteiger charge is -2.30. The van der Waals surface area contributed by atoms with E-state index in [0.717, 1.165) is 6.42 Å². The SMILES string of the molecule is COC(C)(C)CC(NN)C(C)C. The van der Waals surface area contributed by atoms with Crippen molar-refractivity contribution in [2.45, 2.75) is 45.8 Å². The van der Waals surface area contributed by atoms with E-state index in [1.807, 2.05) is 0 Å². The first-order chi connectivity index (χ1) is 5.43. The summed E-state index contributed by atoms with van der Waals surface area (Å²) in [6, 6.07) is 0.319. The van der Waals surface area contributed by atoms with Crippen molar-refractivity contribution >= 4 is 0 Å². The van der Waals surface area contributed by atoms with Gasteiger partial charge in [0.2, 0.25) is 0 Å². The van der Waals surface area contributed by atoms with Gasteiger partial charge in [0.05, 0.1) is 5.60 Å². The van der Waals surface area contributed by atoms with Crippen LogP contribution in [-0.2, 0) is 4.74 Å². The number of methoxy groups -OCH3 is 1. The first-order valence-corrected chi connectivity index (χ1v) is 4.44. The zero-order valence-corrected chi connectivity index (χ0v) is 8.85. The van der Waals surface area contributed by atoms with Crippen molar-refractivity contribution in [1.29, 1.82) is 0 Å². The molecular formula is C9H22N2O. The number of rotatable bonds is 5. The molecule has 0 radical (unpaired) electrons. The van der Waals surface area contributed by atoms with Crippen molar-refractivity contribution in [2.75, 3.05) is 7.11 Å². The molecule has 74 valence electrons. The molecule has 3 N–H and O–H groups in total. The van der Waals surface area contributed by atoms with Gasteiger partial charge in [0.1, 0.15) is 0 Å². The monoisotopic (exact) mass is 174 g/mol. The van der Waals surface area contributed by atoms with Crippen LogP contribution >= 0.6 is 0 Å². The van der Waals surface area contributed by atoms with E-state index in [9.17, 15) is 0 Å². The molecule has 0 aromatic carbocycles. The van der Waals surface area contributed by atoms with Gasteiger partial charge in [-0.05, 0) is 26.2 Å². The highest BCUT2D eigenvalue weighted by molar-refractivity contribution is 4.78. The van der Waals surface area contributed by atoms with Gasteiger partial charge in [0, 0.05) is 13.2 Å². The minimum atomic E-state index is -0.0959. The fraction of sp³-hybridized carbons (Fsp3) is 1.00. The Morgan fingerprint density at radius 2 is 1.92 bits per heavy atom. The molecule has 0 aliphatic rings. The number of nitrogens with two attached hydrogens (primary N) is 1. The van der Waals surface area contributed by atoms with Crippen LogP contribution in [0.5, 0.6) is 0 Å². The van der Waals surface area contributed by atoms with E-state index in [2.05, 4.69) is 33.1 Å². The second-order valence-corrected chi connectivity index (χ2v) is 4.19. The van der Waals surface area contributed by atoms with Gasteiger partial charge < -0.3 is 4.74 Å². The van der Waals surface area contributed by atoms with Crippen molar-refractivity contribution in [2.24, 2.45) is 11.8 Å². The summed E-state index contributed by atoms with van der Waals surface area (Å²) in [5, 5.41) is 0. The summed E-state index contributed by atoms with van der Waals surface area (Å²) in [5.41, 5.74) is 2.72. The third-order valence-corrected chi connectivity index (χ3v) is 2.28. The smallest absolute Gasteiger partial charge is 0.0638 e. The lowest BCUT2D eigenvalue weighted by Crippen LogP contribution is -2.44. The molecule has 3 nitrogen and oxygen atoms in total. The van der Waals surface area contributed by atoms with Crippen LogP contribution in [0.25, 0.3) is 0 Å². The first kappa shape index (κ1) is 11.9. The maximum absolute atomic E-state index is 5.43. The van der Waals surface area contributed by atoms with Crippen molar-refractivity contribution in [3.8, 4) is 0 Å². The van der Waals surface area contributed by atoms with Crippen LogP contribution in [0, 0.1) is 5.92 Å². The molecular weight excluding hydrogens is 152 g/mol. The lowest BCUT2D eigenvalue weighted by molar-refractivity contribution is 0.00293. The predicted molar refractivity (Wildman–Crippen MR) is 51.7 cm³/mol. The molecule has 3 heteroatoms. The van der Waals surface area contributed by atoms with Gasteiger partial charge in [0.15, 0.2) is 0 Å². The fourth-order valence-corrected chi connectivity index (χ4v) is 1.10. The molecule has 0 aromatic heterocycles. The number of hydrogen-bond donors (Lipinski definition) is 2. The Morgan fingerprint density at radius 1 is 1.42 bits per heavy atom. The fourth-order valence-electron chi connectivity index (χ4n) is 1.10. The first-order valence-electron chi connectivity index (χ1n) is 4.44. The third-order valence-electron chi connectivity index (χ3n) is 2.28. The second kappa shape index (κ2) is 4.80. The molecule has 0 aromatic rings. The topological polar surface area (TPSA) is 47.3 Å². The number of nitrogens with one attached hydrogen (secondary N) is 1. The maximum Gasteiger partial charge on any atom is 0.0638 e. The summed E-state index contributed by atoms with van der Waals surface area (Å²) in [7, 11) is 1.73. The maximum atomic E-state index is 5.43. The Labute approximate surface area is 75.6 Å². The number of hydrogen-bond acceptors (Lipinski definition) is 3.